The van der Waals surface area contributed by atoms with Crippen molar-refractivity contribution in [3.63, 3.8) is 0 Å². The van der Waals surface area contributed by atoms with E-state index in [2.05, 4.69) is 4.98 Å². The van der Waals surface area contributed by atoms with E-state index < -0.39 is 23.2 Å². The van der Waals surface area contributed by atoms with E-state index in [4.69, 9.17) is 14.5 Å². The first-order valence-corrected chi connectivity index (χ1v) is 12.3. The number of para-hydroxylation sites is 1. The van der Waals surface area contributed by atoms with E-state index in [-0.39, 0.29) is 42.5 Å². The number of aromatic amines is 1. The number of nitrogens with one attached hydrogen (secondary N) is 1. The summed E-state index contributed by atoms with van der Waals surface area (Å²) >= 11 is 0. The van der Waals surface area contributed by atoms with Crippen molar-refractivity contribution in [3.8, 4) is 17.0 Å². The number of hydrogen-bond donors (Lipinski definition) is 1. The molecule has 1 aliphatic carbocycles. The quantitative estimate of drug-likeness (QED) is 0.502. The molecule has 0 amide bonds. The average molecular weight is 498 g/mol. The van der Waals surface area contributed by atoms with Crippen LogP contribution in [0.1, 0.15) is 42.2 Å². The molecule has 2 aliphatic rings. The number of hydrogen-bond acceptors (Lipinski definition) is 6. The van der Waals surface area contributed by atoms with Gasteiger partial charge in [-0.2, -0.15) is 0 Å². The minimum absolute atomic E-state index is 0.0175. The van der Waals surface area contributed by atoms with Gasteiger partial charge in [-0.3, -0.25) is 4.79 Å². The van der Waals surface area contributed by atoms with E-state index in [1.54, 1.807) is 13.8 Å². The molecule has 1 aromatic carbocycles. The number of anilines is 1. The van der Waals surface area contributed by atoms with Gasteiger partial charge in [0, 0.05) is 36.4 Å². The molecule has 1 saturated carbocycles. The number of halogens is 2. The summed E-state index contributed by atoms with van der Waals surface area (Å²) in [6.07, 6.45) is 1.14. The van der Waals surface area contributed by atoms with E-state index in [1.807, 2.05) is 35.2 Å². The van der Waals surface area contributed by atoms with Gasteiger partial charge in [0.2, 0.25) is 5.43 Å². The second-order valence-electron chi connectivity index (χ2n) is 9.56. The number of fused-ring (bicyclic) bond motifs is 2. The summed E-state index contributed by atoms with van der Waals surface area (Å²) in [5.74, 6) is -3.93. The highest BCUT2D eigenvalue weighted by atomic mass is 19.3. The molecule has 190 valence electrons. The Morgan fingerprint density at radius 1 is 1.28 bits per heavy atom. The SMILES string of the molecule is CCOC(=O)c1c(-c2cc3ccccc3nc2N2C[C@@H]3CCCC(F)(F)[C@@H]3C2)[nH]c(C)c(OC)c1=O. The largest absolute Gasteiger partial charge is 0.491 e. The van der Waals surface area contributed by atoms with Crippen molar-refractivity contribution < 1.29 is 23.0 Å². The molecule has 0 unspecified atom stereocenters. The molecule has 0 spiro atoms. The second kappa shape index (κ2) is 9.19. The number of aryl methyl sites for hydroxylation is 1. The van der Waals surface area contributed by atoms with Gasteiger partial charge in [0.1, 0.15) is 11.4 Å². The molecule has 3 heterocycles. The number of alkyl halides is 2. The molecular weight excluding hydrogens is 468 g/mol. The van der Waals surface area contributed by atoms with Crippen molar-refractivity contribution >= 4 is 22.7 Å². The first kappa shape index (κ1) is 24.2. The van der Waals surface area contributed by atoms with Gasteiger partial charge in [-0.05, 0) is 44.7 Å². The van der Waals surface area contributed by atoms with Crippen LogP contribution in [0.3, 0.4) is 0 Å². The molecule has 0 radical (unpaired) electrons. The Morgan fingerprint density at radius 3 is 2.78 bits per heavy atom. The maximum Gasteiger partial charge on any atom is 0.344 e. The monoisotopic (exact) mass is 497 g/mol. The van der Waals surface area contributed by atoms with Crippen LogP contribution in [0.5, 0.6) is 5.75 Å². The Hall–Kier alpha value is -3.49. The normalized spacial score (nSPS) is 20.9. The number of esters is 1. The number of rotatable bonds is 5. The van der Waals surface area contributed by atoms with Crippen molar-refractivity contribution in [1.29, 1.82) is 0 Å². The average Bonchev–Trinajstić information content (AvgIpc) is 3.29. The van der Waals surface area contributed by atoms with Gasteiger partial charge in [-0.25, -0.2) is 18.6 Å². The highest BCUT2D eigenvalue weighted by molar-refractivity contribution is 6.00. The van der Waals surface area contributed by atoms with Gasteiger partial charge >= 0.3 is 5.97 Å². The number of methoxy groups -OCH3 is 1. The molecule has 9 heteroatoms. The lowest BCUT2D eigenvalue weighted by Crippen LogP contribution is -2.37. The number of aromatic nitrogens is 2. The fourth-order valence-corrected chi connectivity index (χ4v) is 5.68. The van der Waals surface area contributed by atoms with E-state index in [9.17, 15) is 18.4 Å². The molecule has 7 nitrogen and oxygen atoms in total. The summed E-state index contributed by atoms with van der Waals surface area (Å²) < 4.78 is 40.1. The maximum absolute atomic E-state index is 14.8. The maximum atomic E-state index is 14.8. The summed E-state index contributed by atoms with van der Waals surface area (Å²) in [5.41, 5.74) is 1.07. The third-order valence-corrected chi connectivity index (χ3v) is 7.36. The van der Waals surface area contributed by atoms with Crippen LogP contribution in [-0.4, -0.2) is 48.7 Å². The van der Waals surface area contributed by atoms with Crippen molar-refractivity contribution in [2.24, 2.45) is 11.8 Å². The topological polar surface area (TPSA) is 84.5 Å². The predicted octanol–water partition coefficient (Wildman–Crippen LogP) is 4.96. The molecular formula is C27H29F2N3O4. The third kappa shape index (κ3) is 4.00. The van der Waals surface area contributed by atoms with Crippen LogP contribution >= 0.6 is 0 Å². The van der Waals surface area contributed by atoms with Gasteiger partial charge in [0.05, 0.1) is 30.6 Å². The molecule has 1 N–H and O–H groups in total. The lowest BCUT2D eigenvalue weighted by Gasteiger charge is -2.32. The Kier molecular flexibility index (Phi) is 6.18. The summed E-state index contributed by atoms with van der Waals surface area (Å²) in [5, 5.41) is 0.794. The van der Waals surface area contributed by atoms with Crippen LogP contribution in [0.2, 0.25) is 0 Å². The van der Waals surface area contributed by atoms with Crippen LogP contribution in [0, 0.1) is 18.8 Å². The fourth-order valence-electron chi connectivity index (χ4n) is 5.68. The third-order valence-electron chi connectivity index (χ3n) is 7.36. The first-order chi connectivity index (χ1) is 17.2. The fraction of sp³-hybridized carbons (Fsp3) is 0.444. The van der Waals surface area contributed by atoms with Crippen molar-refractivity contribution in [2.75, 3.05) is 31.7 Å². The molecule has 2 fully saturated rings. The molecule has 36 heavy (non-hydrogen) atoms. The Morgan fingerprint density at radius 2 is 2.06 bits per heavy atom. The number of pyridine rings is 2. The Balaban J connectivity index is 1.74. The number of carbonyl (C=O) groups excluding carboxylic acids is 1. The Labute approximate surface area is 207 Å². The summed E-state index contributed by atoms with van der Waals surface area (Å²) in [6.45, 7) is 4.02. The van der Waals surface area contributed by atoms with Crippen LogP contribution in [-0.2, 0) is 4.74 Å². The van der Waals surface area contributed by atoms with Gasteiger partial charge in [0.15, 0.2) is 5.75 Å². The minimum Gasteiger partial charge on any atom is -0.491 e. The summed E-state index contributed by atoms with van der Waals surface area (Å²) in [7, 11) is 1.36. The van der Waals surface area contributed by atoms with E-state index in [0.29, 0.717) is 35.6 Å². The second-order valence-corrected chi connectivity index (χ2v) is 9.56. The zero-order chi connectivity index (χ0) is 25.6. The van der Waals surface area contributed by atoms with E-state index in [1.165, 1.54) is 7.11 Å². The summed E-state index contributed by atoms with van der Waals surface area (Å²) in [4.78, 5) is 36.2. The van der Waals surface area contributed by atoms with E-state index in [0.717, 1.165) is 11.8 Å². The van der Waals surface area contributed by atoms with Crippen LogP contribution in [0.15, 0.2) is 35.1 Å². The number of ether oxygens (including phenoxy) is 2. The molecule has 2 aromatic heterocycles. The first-order valence-electron chi connectivity index (χ1n) is 12.3. The van der Waals surface area contributed by atoms with Gasteiger partial charge in [-0.1, -0.05) is 18.2 Å². The minimum atomic E-state index is -2.73. The van der Waals surface area contributed by atoms with E-state index >= 15 is 0 Å². The Bertz CT molecular complexity index is 1390. The van der Waals surface area contributed by atoms with Gasteiger partial charge < -0.3 is 19.4 Å². The molecule has 2 atom stereocenters. The van der Waals surface area contributed by atoms with Gasteiger partial charge in [-0.15, -0.1) is 0 Å². The highest BCUT2D eigenvalue weighted by Crippen LogP contribution is 2.48. The lowest BCUT2D eigenvalue weighted by molar-refractivity contribution is -0.0930. The molecule has 5 rings (SSSR count). The van der Waals surface area contributed by atoms with Crippen molar-refractivity contribution in [1.82, 2.24) is 9.97 Å². The van der Waals surface area contributed by atoms with Crippen LogP contribution in [0.4, 0.5) is 14.6 Å². The number of nitrogens with zero attached hydrogens (tertiary/aromatic N) is 2. The molecule has 1 saturated heterocycles. The van der Waals surface area contributed by atoms with Crippen LogP contribution < -0.4 is 15.1 Å². The standard InChI is InChI=1S/C27H29F2N3O4/c1-4-36-26(34)21-22(30-15(2)24(35-3)23(21)33)18-12-16-8-5-6-10-20(16)31-25(18)32-13-17-9-7-11-27(28,29)19(17)14-32/h5-6,8,10,12,17,19H,4,7,9,11,13-14H2,1-3H3,(H,30,33)/t17-,19+/m0/s1. The number of carbonyl (C=O) groups is 1. The number of H-pyrrole nitrogens is 1. The molecule has 0 bridgehead atoms. The zero-order valence-corrected chi connectivity index (χ0v) is 20.6. The zero-order valence-electron chi connectivity index (χ0n) is 20.6. The highest BCUT2D eigenvalue weighted by Gasteiger charge is 2.51. The van der Waals surface area contributed by atoms with Crippen molar-refractivity contribution in [2.45, 2.75) is 39.0 Å². The lowest BCUT2D eigenvalue weighted by atomic mass is 9.79. The number of benzene rings is 1. The summed E-state index contributed by atoms with van der Waals surface area (Å²) in [6, 6.07) is 9.31. The van der Waals surface area contributed by atoms with Gasteiger partial charge in [0.25, 0.3) is 5.92 Å². The molecule has 1 aliphatic heterocycles. The molecule has 3 aromatic rings. The smallest absolute Gasteiger partial charge is 0.344 e. The predicted molar refractivity (Wildman–Crippen MR) is 133 cm³/mol. The van der Waals surface area contributed by atoms with Crippen molar-refractivity contribution in [3.05, 3.63) is 51.8 Å². The van der Waals surface area contributed by atoms with Crippen LogP contribution in [0.25, 0.3) is 22.2 Å².